The van der Waals surface area contributed by atoms with E-state index in [9.17, 15) is 9.59 Å². The van der Waals surface area contributed by atoms with Crippen LogP contribution < -0.4 is 19.5 Å². The predicted molar refractivity (Wildman–Crippen MR) is 138 cm³/mol. The fourth-order valence-corrected chi connectivity index (χ4v) is 4.08. The van der Waals surface area contributed by atoms with Crippen LogP contribution in [0.3, 0.4) is 0 Å². The van der Waals surface area contributed by atoms with Gasteiger partial charge in [-0.05, 0) is 37.5 Å². The van der Waals surface area contributed by atoms with Crippen LogP contribution in [-0.2, 0) is 12.0 Å². The van der Waals surface area contributed by atoms with Gasteiger partial charge in [0, 0.05) is 30.3 Å². The van der Waals surface area contributed by atoms with Gasteiger partial charge >= 0.3 is 0 Å². The SMILES string of the molecule is CCOc1cc2c(nc1C(=O)NC)C(=N)N(CC(=O)c1cc(OCC)c(OCC#N)c(C(C)(C)C)c1)C2. The number of hydrogen-bond donors (Lipinski definition) is 2. The lowest BCUT2D eigenvalue weighted by molar-refractivity contribution is 0.0949. The van der Waals surface area contributed by atoms with Gasteiger partial charge < -0.3 is 24.4 Å². The van der Waals surface area contributed by atoms with Gasteiger partial charge in [0.05, 0.1) is 19.8 Å². The van der Waals surface area contributed by atoms with Gasteiger partial charge in [0.25, 0.3) is 5.91 Å². The number of nitrogens with one attached hydrogen (secondary N) is 2. The van der Waals surface area contributed by atoms with Crippen molar-refractivity contribution < 1.29 is 23.8 Å². The van der Waals surface area contributed by atoms with E-state index < -0.39 is 5.91 Å². The Morgan fingerprint density at radius 3 is 2.41 bits per heavy atom. The van der Waals surface area contributed by atoms with Crippen LogP contribution in [0.5, 0.6) is 17.2 Å². The number of hydrogen-bond acceptors (Lipinski definition) is 8. The molecule has 1 aliphatic heterocycles. The third kappa shape index (κ3) is 5.82. The minimum atomic E-state index is -0.412. The lowest BCUT2D eigenvalue weighted by Crippen LogP contribution is -2.31. The average molecular weight is 508 g/mol. The Balaban J connectivity index is 1.94. The first-order chi connectivity index (χ1) is 17.5. The number of carbonyl (C=O) groups excluding carboxylic acids is 2. The van der Waals surface area contributed by atoms with Crippen LogP contribution in [0.15, 0.2) is 18.2 Å². The highest BCUT2D eigenvalue weighted by molar-refractivity contribution is 6.05. The Kier molecular flexibility index (Phi) is 8.38. The van der Waals surface area contributed by atoms with Gasteiger partial charge in [-0.3, -0.25) is 15.0 Å². The summed E-state index contributed by atoms with van der Waals surface area (Å²) < 4.78 is 17.1. The molecule has 1 aromatic heterocycles. The van der Waals surface area contributed by atoms with Gasteiger partial charge in [-0.25, -0.2) is 4.98 Å². The zero-order valence-electron chi connectivity index (χ0n) is 22.2. The first-order valence-electron chi connectivity index (χ1n) is 12.1. The largest absolute Gasteiger partial charge is 0.491 e. The molecular weight excluding hydrogens is 474 g/mol. The molecule has 1 aliphatic rings. The molecular formula is C27H33N5O5. The summed E-state index contributed by atoms with van der Waals surface area (Å²) in [7, 11) is 1.50. The maximum absolute atomic E-state index is 13.5. The Hall–Kier alpha value is -4.13. The van der Waals surface area contributed by atoms with Crippen LogP contribution >= 0.6 is 0 Å². The number of amides is 1. The molecule has 0 atom stereocenters. The molecule has 0 saturated carbocycles. The van der Waals surface area contributed by atoms with Crippen LogP contribution in [-0.4, -0.2) is 60.8 Å². The molecule has 3 rings (SSSR count). The molecule has 0 unspecified atom stereocenters. The van der Waals surface area contributed by atoms with E-state index in [0.29, 0.717) is 47.3 Å². The molecule has 10 nitrogen and oxygen atoms in total. The van der Waals surface area contributed by atoms with Crippen LogP contribution in [0, 0.1) is 16.7 Å². The molecule has 2 N–H and O–H groups in total. The van der Waals surface area contributed by atoms with Crippen molar-refractivity contribution in [3.63, 3.8) is 0 Å². The summed E-state index contributed by atoms with van der Waals surface area (Å²) in [6.07, 6.45) is 0. The Morgan fingerprint density at radius 2 is 1.81 bits per heavy atom. The van der Waals surface area contributed by atoms with E-state index in [4.69, 9.17) is 24.9 Å². The van der Waals surface area contributed by atoms with Crippen LogP contribution in [0.4, 0.5) is 0 Å². The fraction of sp³-hybridized carbons (Fsp3) is 0.444. The number of amidine groups is 1. The van der Waals surface area contributed by atoms with Gasteiger partial charge in [0.2, 0.25) is 0 Å². The van der Waals surface area contributed by atoms with Crippen molar-refractivity contribution in [1.82, 2.24) is 15.2 Å². The topological polar surface area (TPSA) is 138 Å². The van der Waals surface area contributed by atoms with Crippen molar-refractivity contribution in [2.24, 2.45) is 0 Å². The van der Waals surface area contributed by atoms with Gasteiger partial charge in [-0.1, -0.05) is 20.8 Å². The monoisotopic (exact) mass is 507 g/mol. The molecule has 196 valence electrons. The minimum absolute atomic E-state index is 0.0617. The molecule has 0 radical (unpaired) electrons. The first kappa shape index (κ1) is 27.5. The molecule has 0 saturated heterocycles. The number of aromatic nitrogens is 1. The molecule has 2 aromatic rings. The van der Waals surface area contributed by atoms with Gasteiger partial charge in [-0.15, -0.1) is 0 Å². The average Bonchev–Trinajstić information content (AvgIpc) is 3.15. The van der Waals surface area contributed by atoms with E-state index in [-0.39, 0.29) is 42.4 Å². The smallest absolute Gasteiger partial charge is 0.273 e. The summed E-state index contributed by atoms with van der Waals surface area (Å²) in [5.74, 6) is 0.616. The number of nitriles is 1. The molecule has 1 aromatic carbocycles. The molecule has 0 fully saturated rings. The van der Waals surface area contributed by atoms with Crippen molar-refractivity contribution in [2.75, 3.05) is 33.4 Å². The van der Waals surface area contributed by atoms with Gasteiger partial charge in [-0.2, -0.15) is 5.26 Å². The van der Waals surface area contributed by atoms with Gasteiger partial charge in [0.1, 0.15) is 17.6 Å². The van der Waals surface area contributed by atoms with E-state index in [1.54, 1.807) is 23.1 Å². The fourth-order valence-electron chi connectivity index (χ4n) is 4.08. The number of Topliss-reactive ketones (excluding diaryl/α,β-unsaturated/α-hetero) is 1. The highest BCUT2D eigenvalue weighted by atomic mass is 16.5. The second kappa shape index (κ2) is 11.3. The third-order valence-electron chi connectivity index (χ3n) is 5.81. The van der Waals surface area contributed by atoms with Crippen molar-refractivity contribution in [3.05, 3.63) is 46.3 Å². The number of rotatable bonds is 10. The Labute approximate surface area is 217 Å². The van der Waals surface area contributed by atoms with E-state index in [2.05, 4.69) is 10.3 Å². The van der Waals surface area contributed by atoms with Crippen molar-refractivity contribution >= 4 is 17.5 Å². The van der Waals surface area contributed by atoms with E-state index in [1.165, 1.54) is 7.05 Å². The van der Waals surface area contributed by atoms with Crippen molar-refractivity contribution in [1.29, 1.82) is 10.7 Å². The Morgan fingerprint density at radius 1 is 1.14 bits per heavy atom. The Bertz CT molecular complexity index is 1260. The van der Waals surface area contributed by atoms with Crippen molar-refractivity contribution in [3.8, 4) is 23.3 Å². The summed E-state index contributed by atoms with van der Waals surface area (Å²) in [5, 5.41) is 20.2. The maximum atomic E-state index is 13.5. The maximum Gasteiger partial charge on any atom is 0.273 e. The van der Waals surface area contributed by atoms with Crippen LogP contribution in [0.2, 0.25) is 0 Å². The van der Waals surface area contributed by atoms with Crippen LogP contribution in [0.25, 0.3) is 0 Å². The van der Waals surface area contributed by atoms with E-state index in [0.717, 1.165) is 5.56 Å². The van der Waals surface area contributed by atoms with E-state index in [1.807, 2.05) is 40.7 Å². The first-order valence-corrected chi connectivity index (χ1v) is 12.1. The summed E-state index contributed by atoms with van der Waals surface area (Å²) >= 11 is 0. The third-order valence-corrected chi connectivity index (χ3v) is 5.81. The standard InChI is InChI=1S/C27H33N5O5/c1-7-35-20-13-17-14-32(25(29)22(17)31-23(20)26(34)30-6)15-19(33)16-11-18(27(3,4)5)24(37-10-9-28)21(12-16)36-8-2/h11-13,29H,7-8,10,14-15H2,1-6H3,(H,30,34). The number of nitrogens with zero attached hydrogens (tertiary/aromatic N) is 3. The lowest BCUT2D eigenvalue weighted by Gasteiger charge is -2.25. The normalized spacial score (nSPS) is 12.6. The highest BCUT2D eigenvalue weighted by Gasteiger charge is 2.32. The molecule has 10 heteroatoms. The summed E-state index contributed by atoms with van der Waals surface area (Å²) in [4.78, 5) is 31.8. The van der Waals surface area contributed by atoms with Crippen molar-refractivity contribution in [2.45, 2.75) is 46.6 Å². The van der Waals surface area contributed by atoms with Crippen LogP contribution in [0.1, 0.15) is 72.3 Å². The number of ketones is 1. The molecule has 0 bridgehead atoms. The molecule has 0 aliphatic carbocycles. The number of ether oxygens (including phenoxy) is 3. The molecule has 2 heterocycles. The number of carbonyl (C=O) groups is 2. The second-order valence-corrected chi connectivity index (χ2v) is 9.46. The number of pyridine rings is 1. The lowest BCUT2D eigenvalue weighted by atomic mass is 9.84. The zero-order chi connectivity index (χ0) is 27.3. The number of benzene rings is 1. The molecule has 37 heavy (non-hydrogen) atoms. The summed E-state index contributed by atoms with van der Waals surface area (Å²) in [5.41, 5.74) is 1.93. The molecule has 1 amide bonds. The quantitative estimate of drug-likeness (QED) is 0.466. The second-order valence-electron chi connectivity index (χ2n) is 9.46. The minimum Gasteiger partial charge on any atom is -0.491 e. The predicted octanol–water partition coefficient (Wildman–Crippen LogP) is 3.46. The zero-order valence-corrected chi connectivity index (χ0v) is 22.2. The number of fused-ring (bicyclic) bond motifs is 1. The summed E-state index contributed by atoms with van der Waals surface area (Å²) in [6, 6.07) is 7.07. The summed E-state index contributed by atoms with van der Waals surface area (Å²) in [6.45, 7) is 10.4. The molecule has 0 spiro atoms. The van der Waals surface area contributed by atoms with E-state index >= 15 is 0 Å². The van der Waals surface area contributed by atoms with Gasteiger partial charge in [0.15, 0.2) is 35.3 Å². The highest BCUT2D eigenvalue weighted by Crippen LogP contribution is 2.40.